The summed E-state index contributed by atoms with van der Waals surface area (Å²) in [5.74, 6) is 0.700. The molecule has 1 saturated heterocycles. The summed E-state index contributed by atoms with van der Waals surface area (Å²) in [5, 5.41) is 2.60. The zero-order valence-corrected chi connectivity index (χ0v) is 22.0. The van der Waals surface area contributed by atoms with Gasteiger partial charge in [-0.25, -0.2) is 0 Å². The van der Waals surface area contributed by atoms with Gasteiger partial charge in [0.2, 0.25) is 11.8 Å². The second-order valence-corrected chi connectivity index (χ2v) is 12.4. The van der Waals surface area contributed by atoms with E-state index >= 15 is 0 Å². The molecule has 4 nitrogen and oxygen atoms in total. The van der Waals surface area contributed by atoms with Crippen molar-refractivity contribution in [1.82, 2.24) is 4.90 Å². The Labute approximate surface area is 215 Å². The number of hydrogen-bond acceptors (Lipinski definition) is 2. The number of hydrogen-bond donors (Lipinski definition) is 1. The highest BCUT2D eigenvalue weighted by molar-refractivity contribution is 6.30. The van der Waals surface area contributed by atoms with Gasteiger partial charge in [-0.05, 0) is 86.8 Å². The van der Waals surface area contributed by atoms with Crippen LogP contribution in [-0.4, -0.2) is 23.8 Å². The van der Waals surface area contributed by atoms with Crippen LogP contribution in [0.15, 0.2) is 29.5 Å². The van der Waals surface area contributed by atoms with Crippen molar-refractivity contribution in [1.29, 1.82) is 0 Å². The molecular formula is C28H34ClF3N2O2. The molecular weight excluding hydrogens is 489 g/mol. The third-order valence-corrected chi connectivity index (χ3v) is 10.4. The molecule has 196 valence electrons. The van der Waals surface area contributed by atoms with E-state index in [1.54, 1.807) is 0 Å². The number of rotatable bonds is 2. The molecule has 2 amide bonds. The Balaban J connectivity index is 1.42. The predicted molar refractivity (Wildman–Crippen MR) is 133 cm³/mol. The average Bonchev–Trinajstić information content (AvgIpc) is 3.14. The maximum Gasteiger partial charge on any atom is 0.418 e. The van der Waals surface area contributed by atoms with Gasteiger partial charge in [0.15, 0.2) is 0 Å². The van der Waals surface area contributed by atoms with Crippen molar-refractivity contribution in [3.05, 3.63) is 40.1 Å². The minimum atomic E-state index is -4.61. The Kier molecular flexibility index (Phi) is 6.05. The van der Waals surface area contributed by atoms with E-state index in [2.05, 4.69) is 26.1 Å². The van der Waals surface area contributed by atoms with Crippen LogP contribution in [-0.2, 0) is 15.8 Å². The number of anilines is 1. The number of carbonyl (C=O) groups is 2. The Bertz CT molecular complexity index is 1150. The standard InChI is InChI=1S/C28H34ClF3N2O2/c1-15-13-17-18-6-7-20(25(36)33-22-8-5-16(29)14-21(22)28(30,31)32)26(18,2)11-9-19(17)27(3)12-10-23(35)34(4)24(15)27/h5,8,14,17-20H,6-7,9-13H2,1-4H3,(H,33,36)/t17-,18-,19+,20?,26-,27+/m0/s1. The summed E-state index contributed by atoms with van der Waals surface area (Å²) in [6.45, 7) is 6.63. The van der Waals surface area contributed by atoms with Crippen molar-refractivity contribution in [3.63, 3.8) is 0 Å². The van der Waals surface area contributed by atoms with Crippen LogP contribution in [0.5, 0.6) is 0 Å². The van der Waals surface area contributed by atoms with Gasteiger partial charge in [-0.3, -0.25) is 9.59 Å². The van der Waals surface area contributed by atoms with Crippen LogP contribution in [0.4, 0.5) is 18.9 Å². The first-order valence-electron chi connectivity index (χ1n) is 12.9. The van der Waals surface area contributed by atoms with Crippen molar-refractivity contribution < 1.29 is 22.8 Å². The fourth-order valence-electron chi connectivity index (χ4n) is 8.62. The molecule has 0 spiro atoms. The van der Waals surface area contributed by atoms with Gasteiger partial charge in [0.05, 0.1) is 11.3 Å². The second-order valence-electron chi connectivity index (χ2n) is 11.9. The highest BCUT2D eigenvalue weighted by Gasteiger charge is 2.61. The normalized spacial score (nSPS) is 36.3. The van der Waals surface area contributed by atoms with Gasteiger partial charge in [-0.1, -0.05) is 31.0 Å². The molecule has 6 atom stereocenters. The third-order valence-electron chi connectivity index (χ3n) is 10.2. The predicted octanol–water partition coefficient (Wildman–Crippen LogP) is 7.29. The number of amides is 2. The van der Waals surface area contributed by atoms with Crippen LogP contribution < -0.4 is 5.32 Å². The number of likely N-dealkylation sites (tertiary alicyclic amines) is 1. The number of allylic oxidation sites excluding steroid dienone is 2. The Morgan fingerprint density at radius 1 is 1.14 bits per heavy atom. The summed E-state index contributed by atoms with van der Waals surface area (Å²) in [7, 11) is 1.90. The van der Waals surface area contributed by atoms with E-state index in [1.165, 1.54) is 23.4 Å². The van der Waals surface area contributed by atoms with E-state index in [1.807, 2.05) is 11.9 Å². The summed E-state index contributed by atoms with van der Waals surface area (Å²) in [6.07, 6.45) is 1.12. The van der Waals surface area contributed by atoms with E-state index in [0.29, 0.717) is 30.6 Å². The second kappa shape index (κ2) is 8.50. The Morgan fingerprint density at radius 2 is 1.86 bits per heavy atom. The van der Waals surface area contributed by atoms with Crippen LogP contribution in [0.3, 0.4) is 0 Å². The van der Waals surface area contributed by atoms with Gasteiger partial charge in [0.1, 0.15) is 0 Å². The summed E-state index contributed by atoms with van der Waals surface area (Å²) in [6, 6.07) is 3.48. The van der Waals surface area contributed by atoms with Crippen LogP contribution in [0.2, 0.25) is 5.02 Å². The molecule has 36 heavy (non-hydrogen) atoms. The van der Waals surface area contributed by atoms with Crippen LogP contribution >= 0.6 is 11.6 Å². The van der Waals surface area contributed by atoms with Crippen molar-refractivity contribution in [2.75, 3.05) is 12.4 Å². The number of fused-ring (bicyclic) bond motifs is 5. The zero-order chi connectivity index (χ0) is 26.2. The van der Waals surface area contributed by atoms with Crippen LogP contribution in [0, 0.1) is 34.5 Å². The number of piperidine rings is 1. The van der Waals surface area contributed by atoms with E-state index in [0.717, 1.165) is 38.2 Å². The average molecular weight is 523 g/mol. The monoisotopic (exact) mass is 522 g/mol. The lowest BCUT2D eigenvalue weighted by atomic mass is 9.48. The smallest absolute Gasteiger partial charge is 0.325 e. The first-order chi connectivity index (χ1) is 16.8. The lowest BCUT2D eigenvalue weighted by Gasteiger charge is -2.59. The molecule has 1 aliphatic heterocycles. The van der Waals surface area contributed by atoms with Gasteiger partial charge >= 0.3 is 6.18 Å². The summed E-state index contributed by atoms with van der Waals surface area (Å²) in [4.78, 5) is 27.8. The Hall–Kier alpha value is -2.02. The highest BCUT2D eigenvalue weighted by atomic mass is 35.5. The van der Waals surface area contributed by atoms with E-state index in [9.17, 15) is 22.8 Å². The summed E-state index contributed by atoms with van der Waals surface area (Å²) < 4.78 is 40.8. The van der Waals surface area contributed by atoms with E-state index in [-0.39, 0.29) is 39.3 Å². The largest absolute Gasteiger partial charge is 0.418 e. The highest BCUT2D eigenvalue weighted by Crippen LogP contribution is 2.67. The van der Waals surface area contributed by atoms with E-state index in [4.69, 9.17) is 11.6 Å². The van der Waals surface area contributed by atoms with Crippen molar-refractivity contribution >= 4 is 29.1 Å². The number of halogens is 4. The fraction of sp³-hybridized carbons (Fsp3) is 0.643. The van der Waals surface area contributed by atoms with Crippen molar-refractivity contribution in [2.24, 2.45) is 34.5 Å². The maximum atomic E-state index is 13.6. The van der Waals surface area contributed by atoms with Crippen LogP contribution in [0.1, 0.15) is 71.3 Å². The summed E-state index contributed by atoms with van der Waals surface area (Å²) in [5.41, 5.74) is 0.987. The quantitative estimate of drug-likeness (QED) is 0.443. The molecule has 3 aliphatic carbocycles. The number of nitrogens with zero attached hydrogens (tertiary/aromatic N) is 1. The van der Waals surface area contributed by atoms with Gasteiger partial charge in [-0.2, -0.15) is 13.2 Å². The SMILES string of the molecule is CC1=C2N(C)C(=O)CC[C@]2(C)[C@@H]2CC[C@]3(C)C(C(=O)Nc4ccc(Cl)cc4C(F)(F)F)CC[C@H]3[C@@H]2C1. The number of alkyl halides is 3. The maximum absolute atomic E-state index is 13.6. The zero-order valence-electron chi connectivity index (χ0n) is 21.3. The molecule has 0 bridgehead atoms. The molecule has 0 radical (unpaired) electrons. The lowest BCUT2D eigenvalue weighted by Crippen LogP contribution is -2.54. The molecule has 1 heterocycles. The molecule has 0 aromatic heterocycles. The minimum Gasteiger partial charge on any atom is -0.325 e. The lowest BCUT2D eigenvalue weighted by molar-refractivity contribution is -0.138. The van der Waals surface area contributed by atoms with Crippen molar-refractivity contribution in [2.45, 2.75) is 71.9 Å². The first-order valence-corrected chi connectivity index (χ1v) is 13.3. The first kappa shape index (κ1) is 25.6. The molecule has 1 unspecified atom stereocenters. The van der Waals surface area contributed by atoms with Crippen LogP contribution in [0.25, 0.3) is 0 Å². The molecule has 4 aliphatic rings. The molecule has 2 saturated carbocycles. The number of nitrogens with one attached hydrogen (secondary N) is 1. The molecule has 3 fully saturated rings. The van der Waals surface area contributed by atoms with Gasteiger partial charge in [0, 0.05) is 35.5 Å². The molecule has 5 rings (SSSR count). The molecule has 1 N–H and O–H groups in total. The topological polar surface area (TPSA) is 49.4 Å². The Morgan fingerprint density at radius 3 is 2.56 bits per heavy atom. The van der Waals surface area contributed by atoms with Gasteiger partial charge < -0.3 is 10.2 Å². The molecule has 1 aromatic rings. The number of carbonyl (C=O) groups excluding carboxylic acids is 2. The minimum absolute atomic E-state index is 0.0183. The van der Waals surface area contributed by atoms with Gasteiger partial charge in [-0.15, -0.1) is 0 Å². The number of benzene rings is 1. The molecule has 8 heteroatoms. The van der Waals surface area contributed by atoms with E-state index < -0.39 is 11.7 Å². The summed E-state index contributed by atoms with van der Waals surface area (Å²) >= 11 is 5.82. The fourth-order valence-corrected chi connectivity index (χ4v) is 8.79. The van der Waals surface area contributed by atoms with Gasteiger partial charge in [0.25, 0.3) is 0 Å². The third kappa shape index (κ3) is 3.79. The van der Waals surface area contributed by atoms with Crippen molar-refractivity contribution in [3.8, 4) is 0 Å². The molecule has 1 aromatic carbocycles.